The summed E-state index contributed by atoms with van der Waals surface area (Å²) in [5, 5.41) is 2.67. The van der Waals surface area contributed by atoms with Gasteiger partial charge in [-0.15, -0.1) is 0 Å². The molecule has 9 heteroatoms. The number of amides is 2. The summed E-state index contributed by atoms with van der Waals surface area (Å²) in [5.41, 5.74) is 2.79. The van der Waals surface area contributed by atoms with E-state index in [1.54, 1.807) is 48.5 Å². The maximum Gasteiger partial charge on any atom is 0.343 e. The van der Waals surface area contributed by atoms with Gasteiger partial charge < -0.3 is 14.8 Å². The van der Waals surface area contributed by atoms with Crippen LogP contribution in [0, 0.1) is 13.8 Å². The lowest BCUT2D eigenvalue weighted by Gasteiger charge is -2.15. The molecule has 0 atom stereocenters. The van der Waals surface area contributed by atoms with E-state index in [1.807, 2.05) is 32.9 Å². The average molecular weight is 570 g/mol. The van der Waals surface area contributed by atoms with E-state index in [2.05, 4.69) is 21.2 Å². The van der Waals surface area contributed by atoms with Crippen molar-refractivity contribution < 1.29 is 23.9 Å². The van der Waals surface area contributed by atoms with Gasteiger partial charge in [-0.1, -0.05) is 27.5 Å². The summed E-state index contributed by atoms with van der Waals surface area (Å²) in [6.07, 6.45) is 0. The number of rotatable bonds is 7. The van der Waals surface area contributed by atoms with Gasteiger partial charge in [-0.05, 0) is 92.6 Å². The summed E-state index contributed by atoms with van der Waals surface area (Å²) in [7, 11) is 0. The van der Waals surface area contributed by atoms with Crippen molar-refractivity contribution in [1.29, 1.82) is 0 Å². The first kappa shape index (κ1) is 25.5. The van der Waals surface area contributed by atoms with Gasteiger partial charge in [0.25, 0.3) is 11.8 Å². The summed E-state index contributed by atoms with van der Waals surface area (Å²) < 4.78 is 11.9. The molecule has 184 valence electrons. The third-order valence-corrected chi connectivity index (χ3v) is 6.25. The number of nitrogens with zero attached hydrogens (tertiary/aromatic N) is 1. The molecule has 2 amide bonds. The Morgan fingerprint density at radius 3 is 2.17 bits per heavy atom. The molecule has 0 saturated carbocycles. The fourth-order valence-electron chi connectivity index (χ4n) is 3.75. The van der Waals surface area contributed by atoms with Crippen LogP contribution in [0.5, 0.6) is 11.5 Å². The number of nitrogens with one attached hydrogen (secondary N) is 1. The van der Waals surface area contributed by atoms with Crippen LogP contribution < -0.4 is 19.7 Å². The second kappa shape index (κ2) is 10.6. The van der Waals surface area contributed by atoms with E-state index in [0.29, 0.717) is 35.0 Å². The molecule has 0 aliphatic carbocycles. The molecule has 0 radical (unpaired) electrons. The van der Waals surface area contributed by atoms with Crippen LogP contribution in [0.1, 0.15) is 28.4 Å². The molecule has 0 spiro atoms. The van der Waals surface area contributed by atoms with E-state index in [4.69, 9.17) is 21.1 Å². The Bertz CT molecular complexity index is 1360. The monoisotopic (exact) mass is 568 g/mol. The largest absolute Gasteiger partial charge is 0.494 e. The maximum atomic E-state index is 13.0. The van der Waals surface area contributed by atoms with E-state index < -0.39 is 17.8 Å². The molecule has 3 aromatic carbocycles. The highest BCUT2D eigenvalue weighted by Crippen LogP contribution is 2.32. The second-order valence-electron chi connectivity index (χ2n) is 8.02. The summed E-state index contributed by atoms with van der Waals surface area (Å²) in [4.78, 5) is 39.4. The third kappa shape index (κ3) is 5.15. The maximum absolute atomic E-state index is 13.0. The third-order valence-electron chi connectivity index (χ3n) is 5.44. The number of hydrogen-bond acceptors (Lipinski definition) is 6. The number of ether oxygens (including phenoxy) is 2. The Balaban J connectivity index is 1.47. The number of carbonyl (C=O) groups is 3. The number of halogens is 2. The lowest BCUT2D eigenvalue weighted by Crippen LogP contribution is -2.32. The van der Waals surface area contributed by atoms with Gasteiger partial charge >= 0.3 is 5.97 Å². The molecule has 7 nitrogen and oxygen atoms in total. The number of anilines is 2. The quantitative estimate of drug-likeness (QED) is 0.210. The van der Waals surface area contributed by atoms with Gasteiger partial charge in [-0.25, -0.2) is 9.69 Å². The predicted octanol–water partition coefficient (Wildman–Crippen LogP) is 6.12. The molecule has 1 aliphatic rings. The van der Waals surface area contributed by atoms with Gasteiger partial charge in [0, 0.05) is 10.2 Å². The first-order chi connectivity index (χ1) is 17.2. The van der Waals surface area contributed by atoms with Gasteiger partial charge in [0.05, 0.1) is 17.9 Å². The van der Waals surface area contributed by atoms with Crippen molar-refractivity contribution in [2.75, 3.05) is 16.8 Å². The number of benzene rings is 3. The second-order valence-corrected chi connectivity index (χ2v) is 9.32. The fraction of sp³-hybridized carbons (Fsp3) is 0.148. The normalized spacial score (nSPS) is 13.3. The van der Waals surface area contributed by atoms with Crippen molar-refractivity contribution in [2.45, 2.75) is 20.8 Å². The van der Waals surface area contributed by atoms with Crippen molar-refractivity contribution in [3.63, 3.8) is 0 Å². The standard InChI is InChI=1S/C27H22BrClN2O5/c1-4-35-21-11-9-20(10-12-21)31-25(32)22(29)23(26(31)33)30-19-7-5-17(6-8-19)27(34)36-24-15(2)13-18(28)14-16(24)3/h5-14,30H,4H2,1-3H3. The molecule has 0 aromatic heterocycles. The molecule has 1 N–H and O–H groups in total. The first-order valence-corrected chi connectivity index (χ1v) is 12.2. The fourth-order valence-corrected chi connectivity index (χ4v) is 4.65. The number of carbonyl (C=O) groups excluding carboxylic acids is 3. The lowest BCUT2D eigenvalue weighted by molar-refractivity contribution is -0.120. The van der Waals surface area contributed by atoms with Gasteiger partial charge in [-0.2, -0.15) is 0 Å². The minimum absolute atomic E-state index is 0.0491. The van der Waals surface area contributed by atoms with Crippen molar-refractivity contribution in [2.24, 2.45) is 0 Å². The summed E-state index contributed by atoms with van der Waals surface area (Å²) >= 11 is 9.64. The van der Waals surface area contributed by atoms with E-state index in [1.165, 1.54) is 0 Å². The van der Waals surface area contributed by atoms with E-state index in [-0.39, 0.29) is 10.7 Å². The zero-order chi connectivity index (χ0) is 26.0. The Morgan fingerprint density at radius 1 is 0.972 bits per heavy atom. The Hall–Kier alpha value is -3.62. The number of esters is 1. The predicted molar refractivity (Wildman–Crippen MR) is 142 cm³/mol. The van der Waals surface area contributed by atoms with Crippen LogP contribution >= 0.6 is 27.5 Å². The summed E-state index contributed by atoms with van der Waals surface area (Å²) in [6, 6.07) is 16.7. The number of hydrogen-bond donors (Lipinski definition) is 1. The Labute approximate surface area is 221 Å². The highest BCUT2D eigenvalue weighted by molar-refractivity contribution is 9.10. The highest BCUT2D eigenvalue weighted by Gasteiger charge is 2.39. The molecular formula is C27H22BrClN2O5. The molecule has 0 bridgehead atoms. The van der Waals surface area contributed by atoms with Crippen LogP contribution in [0.15, 0.2) is 75.9 Å². The SMILES string of the molecule is CCOc1ccc(N2C(=O)C(Cl)=C(Nc3ccc(C(=O)Oc4c(C)cc(Br)cc4C)cc3)C2=O)cc1. The lowest BCUT2D eigenvalue weighted by atomic mass is 10.1. The van der Waals surface area contributed by atoms with Crippen molar-refractivity contribution in [3.05, 3.63) is 92.6 Å². The highest BCUT2D eigenvalue weighted by atomic mass is 79.9. The van der Waals surface area contributed by atoms with Crippen LogP contribution in [0.4, 0.5) is 11.4 Å². The van der Waals surface area contributed by atoms with Gasteiger partial charge in [0.2, 0.25) is 0 Å². The Kier molecular flexibility index (Phi) is 7.47. The molecule has 0 fully saturated rings. The van der Waals surface area contributed by atoms with E-state index >= 15 is 0 Å². The molecule has 3 aromatic rings. The van der Waals surface area contributed by atoms with E-state index in [0.717, 1.165) is 20.5 Å². The average Bonchev–Trinajstić information content (AvgIpc) is 3.05. The molecule has 36 heavy (non-hydrogen) atoms. The number of aryl methyl sites for hydroxylation is 2. The van der Waals surface area contributed by atoms with Crippen LogP contribution in [0.2, 0.25) is 0 Å². The first-order valence-electron chi connectivity index (χ1n) is 11.1. The van der Waals surface area contributed by atoms with Gasteiger partial charge in [0.1, 0.15) is 22.2 Å². The molecule has 1 aliphatic heterocycles. The number of imide groups is 1. The van der Waals surface area contributed by atoms with Crippen LogP contribution in [-0.2, 0) is 9.59 Å². The van der Waals surface area contributed by atoms with E-state index in [9.17, 15) is 14.4 Å². The van der Waals surface area contributed by atoms with Crippen LogP contribution in [0.3, 0.4) is 0 Å². The minimum Gasteiger partial charge on any atom is -0.494 e. The smallest absolute Gasteiger partial charge is 0.343 e. The minimum atomic E-state index is -0.631. The van der Waals surface area contributed by atoms with Gasteiger partial charge in [-0.3, -0.25) is 9.59 Å². The van der Waals surface area contributed by atoms with Crippen molar-refractivity contribution in [1.82, 2.24) is 0 Å². The summed E-state index contributed by atoms with van der Waals surface area (Å²) in [6.45, 7) is 6.09. The summed E-state index contributed by atoms with van der Waals surface area (Å²) in [5.74, 6) is -0.595. The van der Waals surface area contributed by atoms with Crippen LogP contribution in [-0.4, -0.2) is 24.4 Å². The van der Waals surface area contributed by atoms with Gasteiger partial charge in [0.15, 0.2) is 0 Å². The molecular weight excluding hydrogens is 548 g/mol. The zero-order valence-corrected chi connectivity index (χ0v) is 22.1. The Morgan fingerprint density at radius 2 is 1.58 bits per heavy atom. The van der Waals surface area contributed by atoms with Crippen molar-refractivity contribution >= 4 is 56.7 Å². The van der Waals surface area contributed by atoms with Crippen molar-refractivity contribution in [3.8, 4) is 11.5 Å². The zero-order valence-electron chi connectivity index (χ0n) is 19.7. The molecule has 4 rings (SSSR count). The molecule has 0 unspecified atom stereocenters. The van der Waals surface area contributed by atoms with Crippen LogP contribution in [0.25, 0.3) is 0 Å². The molecule has 0 saturated heterocycles. The molecule has 1 heterocycles. The topological polar surface area (TPSA) is 84.9 Å².